The molecule has 0 aliphatic carbocycles. The van der Waals surface area contributed by atoms with Gasteiger partial charge in [-0.2, -0.15) is 0 Å². The highest BCUT2D eigenvalue weighted by Crippen LogP contribution is 2.34. The Morgan fingerprint density at radius 2 is 1.06 bits per heavy atom. The van der Waals surface area contributed by atoms with Gasteiger partial charge in [-0.3, -0.25) is 10.1 Å². The molecule has 0 saturated heterocycles. The fourth-order valence-corrected chi connectivity index (χ4v) is 3.56. The number of aliphatic imine (C=N–C) groups is 1. The number of hydrogen-bond acceptors (Lipinski definition) is 4. The van der Waals surface area contributed by atoms with Crippen molar-refractivity contribution >= 4 is 17.6 Å². The Morgan fingerprint density at radius 1 is 0.694 bits per heavy atom. The highest BCUT2D eigenvalue weighted by molar-refractivity contribution is 5.79. The van der Waals surface area contributed by atoms with Crippen molar-refractivity contribution in [2.75, 3.05) is 5.32 Å². The van der Waals surface area contributed by atoms with Gasteiger partial charge in [0.2, 0.25) is 0 Å². The minimum Gasteiger partial charge on any atom is -0.356 e. The number of nitrogens with zero attached hydrogens (tertiary/aromatic N) is 2. The molecule has 2 aromatic carbocycles. The first kappa shape index (κ1) is 29.3. The summed E-state index contributed by atoms with van der Waals surface area (Å²) in [5.41, 5.74) is 5.89. The van der Waals surface area contributed by atoms with E-state index in [0.717, 1.165) is 16.8 Å². The smallest absolute Gasteiger partial charge is 0.303 e. The standard InChI is InChI=1S/C31H45N3O2/c1-28(2,3)21-13-22(29(4,5)6)16-25(15-21)32-19-27(34(35)36)20-33-26-17-23(30(7,8)9)14-24(18-26)31(10,11)12/h13-20,32H,1-12H3/b27-19+,33-20?. The first-order valence-electron chi connectivity index (χ1n) is 12.7. The van der Waals surface area contributed by atoms with Crippen LogP contribution in [0.4, 0.5) is 11.4 Å². The molecule has 0 saturated carbocycles. The van der Waals surface area contributed by atoms with Crippen LogP contribution in [0.25, 0.3) is 0 Å². The third kappa shape index (κ3) is 8.04. The summed E-state index contributed by atoms with van der Waals surface area (Å²) in [5.74, 6) is 0. The second kappa shape index (κ2) is 10.2. The second-order valence-corrected chi connectivity index (χ2v) is 13.8. The van der Waals surface area contributed by atoms with Crippen LogP contribution in [-0.4, -0.2) is 11.1 Å². The molecule has 0 amide bonds. The summed E-state index contributed by atoms with van der Waals surface area (Å²) < 4.78 is 0. The van der Waals surface area contributed by atoms with Crippen LogP contribution >= 0.6 is 0 Å². The normalized spacial score (nSPS) is 13.8. The molecule has 5 heteroatoms. The summed E-state index contributed by atoms with van der Waals surface area (Å²) in [5, 5.41) is 15.0. The van der Waals surface area contributed by atoms with Gasteiger partial charge in [-0.05, 0) is 68.2 Å². The Labute approximate surface area is 218 Å². The lowest BCUT2D eigenvalue weighted by atomic mass is 9.80. The zero-order valence-corrected chi connectivity index (χ0v) is 24.3. The lowest BCUT2D eigenvalue weighted by Gasteiger charge is -2.26. The molecule has 5 nitrogen and oxygen atoms in total. The van der Waals surface area contributed by atoms with Crippen molar-refractivity contribution in [1.29, 1.82) is 0 Å². The predicted molar refractivity (Wildman–Crippen MR) is 155 cm³/mol. The number of rotatable bonds is 5. The SMILES string of the molecule is CC(C)(C)c1cc(N=C/C(=C\Nc2cc(C(C)(C)C)cc(C(C)(C)C)c2)[N+](=O)[O-])cc(C(C)(C)C)c1. The van der Waals surface area contributed by atoms with Gasteiger partial charge in [0, 0.05) is 5.69 Å². The molecule has 0 aliphatic rings. The van der Waals surface area contributed by atoms with Crippen LogP contribution in [0.3, 0.4) is 0 Å². The Balaban J connectivity index is 2.48. The Kier molecular flexibility index (Phi) is 8.29. The number of benzene rings is 2. The number of nitrogens with one attached hydrogen (secondary N) is 1. The van der Waals surface area contributed by atoms with Crippen LogP contribution in [-0.2, 0) is 21.7 Å². The largest absolute Gasteiger partial charge is 0.356 e. The molecule has 0 aliphatic heterocycles. The van der Waals surface area contributed by atoms with E-state index in [9.17, 15) is 10.1 Å². The minimum atomic E-state index is -0.410. The number of allylic oxidation sites excluding steroid dienone is 1. The molecular weight excluding hydrogens is 446 g/mol. The van der Waals surface area contributed by atoms with Gasteiger partial charge in [0.15, 0.2) is 0 Å². The van der Waals surface area contributed by atoms with Crippen LogP contribution < -0.4 is 5.32 Å². The molecule has 0 bridgehead atoms. The highest BCUT2D eigenvalue weighted by atomic mass is 16.6. The summed E-state index contributed by atoms with van der Waals surface area (Å²) in [6.45, 7) is 26.0. The summed E-state index contributed by atoms with van der Waals surface area (Å²) >= 11 is 0. The van der Waals surface area contributed by atoms with Crippen LogP contribution in [0.2, 0.25) is 0 Å². The molecule has 196 valence electrons. The highest BCUT2D eigenvalue weighted by Gasteiger charge is 2.22. The molecule has 2 rings (SSSR count). The topological polar surface area (TPSA) is 67.5 Å². The number of hydrogen-bond donors (Lipinski definition) is 1. The molecule has 0 fully saturated rings. The second-order valence-electron chi connectivity index (χ2n) is 13.8. The van der Waals surface area contributed by atoms with Crippen molar-refractivity contribution in [3.8, 4) is 0 Å². The van der Waals surface area contributed by atoms with Crippen LogP contribution in [0.15, 0.2) is 53.3 Å². The Hall–Kier alpha value is -2.95. The van der Waals surface area contributed by atoms with Crippen LogP contribution in [0.5, 0.6) is 0 Å². The van der Waals surface area contributed by atoms with E-state index in [1.54, 1.807) is 0 Å². The van der Waals surface area contributed by atoms with Gasteiger partial charge < -0.3 is 5.32 Å². The fourth-order valence-electron chi connectivity index (χ4n) is 3.56. The molecule has 1 N–H and O–H groups in total. The van der Waals surface area contributed by atoms with E-state index in [4.69, 9.17) is 0 Å². The molecule has 0 aromatic heterocycles. The average molecular weight is 492 g/mol. The van der Waals surface area contributed by atoms with Crippen molar-refractivity contribution in [3.63, 3.8) is 0 Å². The maximum Gasteiger partial charge on any atom is 0.303 e. The van der Waals surface area contributed by atoms with E-state index < -0.39 is 4.92 Å². The summed E-state index contributed by atoms with van der Waals surface area (Å²) in [6, 6.07) is 12.6. The molecule has 0 unspecified atom stereocenters. The van der Waals surface area contributed by atoms with Crippen molar-refractivity contribution < 1.29 is 4.92 Å². The molecule has 0 radical (unpaired) electrons. The van der Waals surface area contributed by atoms with Crippen molar-refractivity contribution in [3.05, 3.63) is 80.7 Å². The van der Waals surface area contributed by atoms with Gasteiger partial charge in [-0.25, -0.2) is 4.99 Å². The van der Waals surface area contributed by atoms with Gasteiger partial charge in [0.25, 0.3) is 0 Å². The molecule has 0 heterocycles. The fraction of sp³-hybridized carbons (Fsp3) is 0.516. The maximum atomic E-state index is 11.9. The van der Waals surface area contributed by atoms with E-state index in [2.05, 4.69) is 118 Å². The van der Waals surface area contributed by atoms with E-state index in [1.807, 2.05) is 12.1 Å². The zero-order valence-electron chi connectivity index (χ0n) is 24.3. The van der Waals surface area contributed by atoms with Crippen molar-refractivity contribution in [2.45, 2.75) is 105 Å². The van der Waals surface area contributed by atoms with E-state index in [0.29, 0.717) is 5.69 Å². The number of nitro groups is 1. The maximum absolute atomic E-state index is 11.9. The Bertz CT molecular complexity index is 1100. The average Bonchev–Trinajstić information content (AvgIpc) is 2.70. The third-order valence-electron chi connectivity index (χ3n) is 6.26. The summed E-state index contributed by atoms with van der Waals surface area (Å²) in [6.07, 6.45) is 2.76. The monoisotopic (exact) mass is 491 g/mol. The van der Waals surface area contributed by atoms with Crippen LogP contribution in [0.1, 0.15) is 105 Å². The van der Waals surface area contributed by atoms with E-state index in [1.165, 1.54) is 23.5 Å². The lowest BCUT2D eigenvalue weighted by Crippen LogP contribution is -2.17. The molecular formula is C31H45N3O2. The minimum absolute atomic E-state index is 0.0440. The molecule has 0 atom stereocenters. The van der Waals surface area contributed by atoms with Gasteiger partial charge in [0.05, 0.1) is 16.8 Å². The lowest BCUT2D eigenvalue weighted by molar-refractivity contribution is -0.414. The first-order valence-corrected chi connectivity index (χ1v) is 12.7. The first-order chi connectivity index (χ1) is 16.2. The van der Waals surface area contributed by atoms with E-state index in [-0.39, 0.29) is 27.4 Å². The quantitative estimate of drug-likeness (QED) is 0.258. The molecule has 36 heavy (non-hydrogen) atoms. The van der Waals surface area contributed by atoms with Gasteiger partial charge >= 0.3 is 5.70 Å². The van der Waals surface area contributed by atoms with Crippen molar-refractivity contribution in [1.82, 2.24) is 0 Å². The predicted octanol–water partition coefficient (Wildman–Crippen LogP) is 8.81. The van der Waals surface area contributed by atoms with Gasteiger partial charge in [-0.15, -0.1) is 0 Å². The third-order valence-corrected chi connectivity index (χ3v) is 6.26. The number of anilines is 1. The van der Waals surface area contributed by atoms with Gasteiger partial charge in [-0.1, -0.05) is 95.2 Å². The zero-order chi connectivity index (χ0) is 27.7. The molecule has 2 aromatic rings. The summed E-state index contributed by atoms with van der Waals surface area (Å²) in [7, 11) is 0. The Morgan fingerprint density at radius 3 is 1.39 bits per heavy atom. The van der Waals surface area contributed by atoms with Crippen LogP contribution in [0, 0.1) is 10.1 Å². The van der Waals surface area contributed by atoms with Crippen molar-refractivity contribution in [2.24, 2.45) is 4.99 Å². The molecule has 0 spiro atoms. The van der Waals surface area contributed by atoms with E-state index >= 15 is 0 Å². The summed E-state index contributed by atoms with van der Waals surface area (Å²) in [4.78, 5) is 16.0. The van der Waals surface area contributed by atoms with Gasteiger partial charge in [0.1, 0.15) is 6.21 Å².